The van der Waals surface area contributed by atoms with E-state index in [1.807, 2.05) is 19.1 Å². The van der Waals surface area contributed by atoms with Crippen molar-refractivity contribution in [3.8, 4) is 0 Å². The zero-order valence-electron chi connectivity index (χ0n) is 7.31. The minimum absolute atomic E-state index is 0.784. The van der Waals surface area contributed by atoms with Crippen LogP contribution in [0.5, 0.6) is 0 Å². The maximum atomic E-state index is 6.19. The fourth-order valence-corrected chi connectivity index (χ4v) is 2.28. The van der Waals surface area contributed by atoms with Crippen LogP contribution in [0.15, 0.2) is 22.8 Å². The lowest BCUT2D eigenvalue weighted by Gasteiger charge is -2.06. The minimum Gasteiger partial charge on any atom is -0.255 e. The van der Waals surface area contributed by atoms with E-state index in [2.05, 4.69) is 43.5 Å². The van der Waals surface area contributed by atoms with E-state index in [0.717, 1.165) is 29.5 Å². The monoisotopic (exact) mass is 381 g/mol. The number of aryl methyl sites for hydroxylation is 1. The second-order valence-electron chi connectivity index (χ2n) is 2.99. The van der Waals surface area contributed by atoms with Crippen molar-refractivity contribution in [1.82, 2.24) is 4.98 Å². The first-order chi connectivity index (χ1) is 6.61. The zero-order chi connectivity index (χ0) is 10.3. The normalized spacial score (nSPS) is 10.9. The molecule has 0 aliphatic heterocycles. The predicted molar refractivity (Wildman–Crippen MR) is 71.9 cm³/mol. The Hall–Kier alpha value is 0.130. The van der Waals surface area contributed by atoms with Crippen LogP contribution in [0.1, 0.15) is 5.56 Å². The van der Waals surface area contributed by atoms with Gasteiger partial charge in [0.05, 0.1) is 14.1 Å². The molecule has 1 aromatic carbocycles. The number of fused-ring (bicyclic) bond motifs is 1. The van der Waals surface area contributed by atoms with E-state index in [9.17, 15) is 0 Å². The summed E-state index contributed by atoms with van der Waals surface area (Å²) < 4.78 is 2.05. The molecule has 2 rings (SSSR count). The standard InChI is InChI=1S/C10H6BrClIN/c1-5-7(11)3-2-6-9(12)8(13)4-14-10(5)6/h2-4H,1H3. The number of hydrogen-bond donors (Lipinski definition) is 0. The molecule has 0 amide bonds. The lowest BCUT2D eigenvalue weighted by Crippen LogP contribution is -1.87. The number of aromatic nitrogens is 1. The first-order valence-corrected chi connectivity index (χ1v) is 6.25. The molecule has 1 heterocycles. The molecule has 0 fully saturated rings. The highest BCUT2D eigenvalue weighted by molar-refractivity contribution is 14.1. The maximum Gasteiger partial charge on any atom is 0.0758 e. The Morgan fingerprint density at radius 1 is 1.43 bits per heavy atom. The number of hydrogen-bond acceptors (Lipinski definition) is 1. The second kappa shape index (κ2) is 3.94. The van der Waals surface area contributed by atoms with Crippen molar-refractivity contribution in [2.24, 2.45) is 0 Å². The van der Waals surface area contributed by atoms with E-state index in [4.69, 9.17) is 11.6 Å². The summed E-state index contributed by atoms with van der Waals surface area (Å²) >= 11 is 11.8. The third-order valence-corrected chi connectivity index (χ3v) is 4.52. The minimum atomic E-state index is 0.784. The third-order valence-electron chi connectivity index (χ3n) is 2.12. The molecule has 0 saturated carbocycles. The molecule has 0 spiro atoms. The van der Waals surface area contributed by atoms with Crippen LogP contribution in [0.2, 0.25) is 5.02 Å². The van der Waals surface area contributed by atoms with Crippen molar-refractivity contribution < 1.29 is 0 Å². The van der Waals surface area contributed by atoms with Crippen LogP contribution in [-0.4, -0.2) is 4.98 Å². The van der Waals surface area contributed by atoms with Crippen LogP contribution in [0.4, 0.5) is 0 Å². The first kappa shape index (κ1) is 10.6. The van der Waals surface area contributed by atoms with Gasteiger partial charge in [-0.25, -0.2) is 0 Å². The first-order valence-electron chi connectivity index (χ1n) is 4.00. The van der Waals surface area contributed by atoms with Crippen molar-refractivity contribution in [3.63, 3.8) is 0 Å². The van der Waals surface area contributed by atoms with E-state index in [1.165, 1.54) is 0 Å². The van der Waals surface area contributed by atoms with Gasteiger partial charge in [-0.1, -0.05) is 33.6 Å². The highest BCUT2D eigenvalue weighted by atomic mass is 127. The molecular formula is C10H6BrClIN. The molecule has 72 valence electrons. The average molecular weight is 382 g/mol. The number of nitrogens with zero attached hydrogens (tertiary/aromatic N) is 1. The molecule has 0 aliphatic carbocycles. The maximum absolute atomic E-state index is 6.19. The van der Waals surface area contributed by atoms with Crippen molar-refractivity contribution in [2.75, 3.05) is 0 Å². The van der Waals surface area contributed by atoms with Gasteiger partial charge in [0.25, 0.3) is 0 Å². The van der Waals surface area contributed by atoms with Crippen LogP contribution in [-0.2, 0) is 0 Å². The van der Waals surface area contributed by atoms with Crippen molar-refractivity contribution in [2.45, 2.75) is 6.92 Å². The van der Waals surface area contributed by atoms with E-state index < -0.39 is 0 Å². The molecule has 0 aliphatic rings. The molecule has 1 aromatic heterocycles. The summed E-state index contributed by atoms with van der Waals surface area (Å²) in [6.07, 6.45) is 1.80. The van der Waals surface area contributed by atoms with Gasteiger partial charge in [0.15, 0.2) is 0 Å². The second-order valence-corrected chi connectivity index (χ2v) is 5.38. The van der Waals surface area contributed by atoms with Gasteiger partial charge in [0.1, 0.15) is 0 Å². The predicted octanol–water partition coefficient (Wildman–Crippen LogP) is 4.56. The summed E-state index contributed by atoms with van der Waals surface area (Å²) in [6, 6.07) is 3.99. The summed E-state index contributed by atoms with van der Waals surface area (Å²) in [5.41, 5.74) is 2.09. The quantitative estimate of drug-likeness (QED) is 0.609. The molecule has 0 N–H and O–H groups in total. The van der Waals surface area contributed by atoms with Crippen LogP contribution < -0.4 is 0 Å². The summed E-state index contributed by atoms with van der Waals surface area (Å²) in [4.78, 5) is 4.38. The molecule has 0 unspecified atom stereocenters. The largest absolute Gasteiger partial charge is 0.255 e. The Morgan fingerprint density at radius 3 is 2.86 bits per heavy atom. The lowest BCUT2D eigenvalue weighted by molar-refractivity contribution is 1.34. The summed E-state index contributed by atoms with van der Waals surface area (Å²) in [5.74, 6) is 0. The Balaban J connectivity index is 2.94. The molecule has 0 atom stereocenters. The number of halogens is 3. The van der Waals surface area contributed by atoms with E-state index in [1.54, 1.807) is 6.20 Å². The Morgan fingerprint density at radius 2 is 2.14 bits per heavy atom. The van der Waals surface area contributed by atoms with Gasteiger partial charge in [-0.15, -0.1) is 0 Å². The molecule has 0 saturated heterocycles. The smallest absolute Gasteiger partial charge is 0.0758 e. The van der Waals surface area contributed by atoms with Crippen LogP contribution >= 0.6 is 50.1 Å². The number of pyridine rings is 1. The van der Waals surface area contributed by atoms with E-state index in [0.29, 0.717) is 0 Å². The van der Waals surface area contributed by atoms with Crippen molar-refractivity contribution in [3.05, 3.63) is 37.0 Å². The van der Waals surface area contributed by atoms with Gasteiger partial charge in [-0.3, -0.25) is 4.98 Å². The van der Waals surface area contributed by atoms with Gasteiger partial charge in [0, 0.05) is 16.1 Å². The molecular weight excluding hydrogens is 376 g/mol. The fraction of sp³-hybridized carbons (Fsp3) is 0.100. The molecule has 14 heavy (non-hydrogen) atoms. The third kappa shape index (κ3) is 1.66. The van der Waals surface area contributed by atoms with Crippen molar-refractivity contribution in [1.29, 1.82) is 0 Å². The van der Waals surface area contributed by atoms with Gasteiger partial charge < -0.3 is 0 Å². The number of benzene rings is 1. The van der Waals surface area contributed by atoms with Gasteiger partial charge in [-0.2, -0.15) is 0 Å². The van der Waals surface area contributed by atoms with Gasteiger partial charge in [-0.05, 0) is 41.1 Å². The SMILES string of the molecule is Cc1c(Br)ccc2c(Cl)c(I)cnc12. The molecule has 1 nitrogen and oxygen atoms in total. The Labute approximate surface area is 109 Å². The van der Waals surface area contributed by atoms with Crippen LogP contribution in [0.25, 0.3) is 10.9 Å². The summed E-state index contributed by atoms with van der Waals surface area (Å²) in [6.45, 7) is 2.03. The van der Waals surface area contributed by atoms with Gasteiger partial charge >= 0.3 is 0 Å². The van der Waals surface area contributed by atoms with Crippen LogP contribution in [0, 0.1) is 10.5 Å². The Kier molecular flexibility index (Phi) is 3.00. The lowest BCUT2D eigenvalue weighted by atomic mass is 10.1. The average Bonchev–Trinajstić information content (AvgIpc) is 2.17. The number of rotatable bonds is 0. The highest BCUT2D eigenvalue weighted by Gasteiger charge is 2.08. The zero-order valence-corrected chi connectivity index (χ0v) is 11.8. The topological polar surface area (TPSA) is 12.9 Å². The highest BCUT2D eigenvalue weighted by Crippen LogP contribution is 2.31. The van der Waals surface area contributed by atoms with E-state index in [-0.39, 0.29) is 0 Å². The molecule has 0 radical (unpaired) electrons. The Bertz CT molecular complexity index is 466. The van der Waals surface area contributed by atoms with E-state index >= 15 is 0 Å². The van der Waals surface area contributed by atoms with Crippen LogP contribution in [0.3, 0.4) is 0 Å². The van der Waals surface area contributed by atoms with Gasteiger partial charge in [0.2, 0.25) is 0 Å². The summed E-state index contributed by atoms with van der Waals surface area (Å²) in [7, 11) is 0. The molecule has 0 bridgehead atoms. The fourth-order valence-electron chi connectivity index (χ4n) is 1.33. The van der Waals surface area contributed by atoms with Crippen molar-refractivity contribution >= 4 is 61.0 Å². The molecule has 4 heteroatoms. The molecule has 2 aromatic rings. The summed E-state index contributed by atoms with van der Waals surface area (Å²) in [5, 5.41) is 1.80.